The number of benzene rings is 1. The van der Waals surface area contributed by atoms with E-state index in [0.717, 1.165) is 4.68 Å². The molecule has 0 aliphatic heterocycles. The minimum absolute atomic E-state index is 0.0345. The third kappa shape index (κ3) is 4.95. The highest BCUT2D eigenvalue weighted by molar-refractivity contribution is 7.92. The monoisotopic (exact) mass is 339 g/mol. The number of ether oxygens (including phenoxy) is 1. The van der Waals surface area contributed by atoms with Crippen LogP contribution in [0.4, 0.5) is 10.5 Å². The number of sulfonamides is 1. The molecule has 1 heterocycles. The predicted molar refractivity (Wildman–Crippen MR) is 82.8 cm³/mol. The third-order valence-corrected chi connectivity index (χ3v) is 3.95. The minimum Gasteiger partial charge on any atom is -0.449 e. The van der Waals surface area contributed by atoms with Gasteiger partial charge in [-0.15, -0.1) is 10.2 Å². The van der Waals surface area contributed by atoms with Gasteiger partial charge in [0.15, 0.2) is 0 Å². The van der Waals surface area contributed by atoms with E-state index < -0.39 is 16.1 Å². The summed E-state index contributed by atoms with van der Waals surface area (Å²) in [5.74, 6) is 0.233. The standard InChI is InChI=1S/C13H17N5O4S/c1-10(2)7-22-13(19)16-11-3-5-12(6-4-11)23(20,21)17-18-8-14-15-9-18/h3-6,8-10,17H,7H2,1-2H3,(H,16,19). The number of nitrogens with one attached hydrogen (secondary N) is 2. The van der Waals surface area contributed by atoms with Crippen molar-refractivity contribution in [1.82, 2.24) is 14.9 Å². The zero-order chi connectivity index (χ0) is 16.9. The number of amides is 1. The number of hydrogen-bond acceptors (Lipinski definition) is 6. The summed E-state index contributed by atoms with van der Waals surface area (Å²) in [7, 11) is -3.76. The van der Waals surface area contributed by atoms with E-state index in [1.807, 2.05) is 13.8 Å². The van der Waals surface area contributed by atoms with Crippen molar-refractivity contribution in [2.75, 3.05) is 16.8 Å². The lowest BCUT2D eigenvalue weighted by Gasteiger charge is -2.10. The van der Waals surface area contributed by atoms with Crippen LogP contribution in [0.2, 0.25) is 0 Å². The first-order valence-corrected chi connectivity index (χ1v) is 8.26. The summed E-state index contributed by atoms with van der Waals surface area (Å²) in [6.07, 6.45) is 1.85. The first kappa shape index (κ1) is 16.7. The number of carbonyl (C=O) groups is 1. The fourth-order valence-electron chi connectivity index (χ4n) is 1.55. The molecular formula is C13H17N5O4S. The smallest absolute Gasteiger partial charge is 0.411 e. The van der Waals surface area contributed by atoms with Crippen molar-refractivity contribution in [3.8, 4) is 0 Å². The molecule has 2 N–H and O–H groups in total. The molecule has 1 aromatic heterocycles. The summed E-state index contributed by atoms with van der Waals surface area (Å²) in [6.45, 7) is 4.16. The van der Waals surface area contributed by atoms with Crippen LogP contribution >= 0.6 is 0 Å². The molecule has 23 heavy (non-hydrogen) atoms. The fourth-order valence-corrected chi connectivity index (χ4v) is 2.52. The molecule has 9 nitrogen and oxygen atoms in total. The van der Waals surface area contributed by atoms with Crippen LogP contribution in [0.25, 0.3) is 0 Å². The van der Waals surface area contributed by atoms with Crippen molar-refractivity contribution in [2.24, 2.45) is 5.92 Å². The maximum Gasteiger partial charge on any atom is 0.411 e. The average Bonchev–Trinajstić information content (AvgIpc) is 2.98. The quantitative estimate of drug-likeness (QED) is 0.822. The molecule has 1 aromatic carbocycles. The summed E-state index contributed by atoms with van der Waals surface area (Å²) in [5.41, 5.74) is 0.432. The van der Waals surface area contributed by atoms with Gasteiger partial charge in [-0.25, -0.2) is 14.3 Å². The number of carbonyl (C=O) groups excluding carboxylic acids is 1. The third-order valence-electron chi connectivity index (χ3n) is 2.60. The van der Waals surface area contributed by atoms with E-state index >= 15 is 0 Å². The van der Waals surface area contributed by atoms with Gasteiger partial charge in [0, 0.05) is 5.69 Å². The molecule has 0 spiro atoms. The zero-order valence-electron chi connectivity index (χ0n) is 12.6. The zero-order valence-corrected chi connectivity index (χ0v) is 13.4. The van der Waals surface area contributed by atoms with Crippen LogP contribution in [-0.4, -0.2) is 36.0 Å². The maximum absolute atomic E-state index is 12.1. The van der Waals surface area contributed by atoms with Crippen molar-refractivity contribution in [3.05, 3.63) is 36.9 Å². The molecule has 0 aliphatic carbocycles. The van der Waals surface area contributed by atoms with Gasteiger partial charge in [0.1, 0.15) is 12.7 Å². The van der Waals surface area contributed by atoms with Gasteiger partial charge in [-0.1, -0.05) is 13.8 Å². The highest BCUT2D eigenvalue weighted by Gasteiger charge is 2.14. The molecule has 0 atom stereocenters. The first-order chi connectivity index (χ1) is 10.9. The molecule has 2 rings (SSSR count). The van der Waals surface area contributed by atoms with Crippen molar-refractivity contribution in [3.63, 3.8) is 0 Å². The highest BCUT2D eigenvalue weighted by atomic mass is 32.2. The summed E-state index contributed by atoms with van der Waals surface area (Å²) in [6, 6.07) is 5.67. The van der Waals surface area contributed by atoms with Crippen LogP contribution < -0.4 is 10.1 Å². The van der Waals surface area contributed by atoms with Crippen LogP contribution in [0.5, 0.6) is 0 Å². The summed E-state index contributed by atoms with van der Waals surface area (Å²) < 4.78 is 30.3. The van der Waals surface area contributed by atoms with Crippen LogP contribution in [0.15, 0.2) is 41.8 Å². The molecule has 124 valence electrons. The van der Waals surface area contributed by atoms with E-state index in [2.05, 4.69) is 20.3 Å². The lowest BCUT2D eigenvalue weighted by atomic mass is 10.2. The Bertz CT molecular complexity index is 741. The van der Waals surface area contributed by atoms with Crippen LogP contribution in [0.3, 0.4) is 0 Å². The Morgan fingerprint density at radius 3 is 2.39 bits per heavy atom. The fraction of sp³-hybridized carbons (Fsp3) is 0.308. The molecule has 0 radical (unpaired) electrons. The maximum atomic E-state index is 12.1. The van der Waals surface area contributed by atoms with Crippen molar-refractivity contribution in [1.29, 1.82) is 0 Å². The number of rotatable bonds is 6. The average molecular weight is 339 g/mol. The van der Waals surface area contributed by atoms with E-state index in [0.29, 0.717) is 12.3 Å². The Kier molecular flexibility index (Phi) is 5.16. The minimum atomic E-state index is -3.76. The lowest BCUT2D eigenvalue weighted by molar-refractivity contribution is 0.147. The molecule has 10 heteroatoms. The van der Waals surface area contributed by atoms with Gasteiger partial charge in [0.2, 0.25) is 0 Å². The molecule has 0 saturated carbocycles. The van der Waals surface area contributed by atoms with Crippen LogP contribution in [0.1, 0.15) is 13.8 Å². The second kappa shape index (κ2) is 7.09. The second-order valence-electron chi connectivity index (χ2n) is 5.11. The normalized spacial score (nSPS) is 11.3. The van der Waals surface area contributed by atoms with Gasteiger partial charge in [-0.3, -0.25) is 5.32 Å². The Hall–Kier alpha value is -2.62. The molecule has 2 aromatic rings. The van der Waals surface area contributed by atoms with Crippen LogP contribution in [-0.2, 0) is 14.8 Å². The predicted octanol–water partition coefficient (Wildman–Crippen LogP) is 1.41. The van der Waals surface area contributed by atoms with E-state index in [9.17, 15) is 13.2 Å². The molecule has 0 saturated heterocycles. The van der Waals surface area contributed by atoms with Gasteiger partial charge in [-0.2, -0.15) is 8.42 Å². The van der Waals surface area contributed by atoms with E-state index in [1.54, 1.807) is 0 Å². The summed E-state index contributed by atoms with van der Waals surface area (Å²) in [5, 5.41) is 9.52. The Morgan fingerprint density at radius 1 is 1.22 bits per heavy atom. The van der Waals surface area contributed by atoms with Crippen LogP contribution in [0, 0.1) is 5.92 Å². The van der Waals surface area contributed by atoms with Gasteiger partial charge in [-0.05, 0) is 30.2 Å². The summed E-state index contributed by atoms with van der Waals surface area (Å²) in [4.78, 5) is 13.8. The van der Waals surface area contributed by atoms with Gasteiger partial charge < -0.3 is 4.74 Å². The van der Waals surface area contributed by atoms with E-state index in [4.69, 9.17) is 4.74 Å². The number of aromatic nitrogens is 3. The highest BCUT2D eigenvalue weighted by Crippen LogP contribution is 2.15. The molecule has 0 bridgehead atoms. The second-order valence-corrected chi connectivity index (χ2v) is 6.77. The molecule has 1 amide bonds. The Labute approximate surface area is 133 Å². The first-order valence-electron chi connectivity index (χ1n) is 6.78. The van der Waals surface area contributed by atoms with Gasteiger partial charge in [0.25, 0.3) is 10.0 Å². The summed E-state index contributed by atoms with van der Waals surface area (Å²) >= 11 is 0. The lowest BCUT2D eigenvalue weighted by Crippen LogP contribution is -2.22. The SMILES string of the molecule is CC(C)COC(=O)Nc1ccc(S(=O)(=O)Nn2cnnc2)cc1. The van der Waals surface area contributed by atoms with Crippen molar-refractivity contribution >= 4 is 21.8 Å². The number of nitrogens with zero attached hydrogens (tertiary/aromatic N) is 3. The van der Waals surface area contributed by atoms with Crippen molar-refractivity contribution < 1.29 is 17.9 Å². The van der Waals surface area contributed by atoms with Crippen molar-refractivity contribution in [2.45, 2.75) is 18.7 Å². The largest absolute Gasteiger partial charge is 0.449 e. The number of hydrogen-bond donors (Lipinski definition) is 2. The topological polar surface area (TPSA) is 115 Å². The van der Waals surface area contributed by atoms with E-state index in [-0.39, 0.29) is 10.8 Å². The molecular weight excluding hydrogens is 322 g/mol. The Morgan fingerprint density at radius 2 is 1.83 bits per heavy atom. The molecule has 0 aliphatic rings. The van der Waals surface area contributed by atoms with Gasteiger partial charge >= 0.3 is 6.09 Å². The van der Waals surface area contributed by atoms with Gasteiger partial charge in [0.05, 0.1) is 11.5 Å². The van der Waals surface area contributed by atoms with E-state index in [1.165, 1.54) is 36.9 Å². The molecule has 0 unspecified atom stereocenters. The molecule has 0 fully saturated rings. The Balaban J connectivity index is 2.00. The number of anilines is 1.